The van der Waals surface area contributed by atoms with Crippen molar-refractivity contribution < 1.29 is 4.79 Å². The van der Waals surface area contributed by atoms with Crippen molar-refractivity contribution in [3.63, 3.8) is 0 Å². The molecule has 1 amide bonds. The second-order valence-electron chi connectivity index (χ2n) is 7.41. The molecule has 0 aliphatic rings. The largest absolute Gasteiger partial charge is 0.352 e. The van der Waals surface area contributed by atoms with Crippen LogP contribution in [0, 0.1) is 6.92 Å². The van der Waals surface area contributed by atoms with Gasteiger partial charge in [0.25, 0.3) is 11.5 Å². The van der Waals surface area contributed by atoms with Gasteiger partial charge in [-0.2, -0.15) is 9.78 Å². The lowest BCUT2D eigenvalue weighted by Crippen LogP contribution is -2.46. The van der Waals surface area contributed by atoms with Crippen LogP contribution in [0.4, 0.5) is 0 Å². The first kappa shape index (κ1) is 22.2. The summed E-state index contributed by atoms with van der Waals surface area (Å²) in [5.74, 6) is -0.709. The summed E-state index contributed by atoms with van der Waals surface area (Å²) < 4.78 is 2.01. The first-order valence-electron chi connectivity index (χ1n) is 10.2. The molecule has 0 unspecified atom stereocenters. The van der Waals surface area contributed by atoms with Crippen LogP contribution in [0.15, 0.2) is 82.5 Å². The third-order valence-corrected chi connectivity index (χ3v) is 5.14. The third kappa shape index (κ3) is 5.07. The van der Waals surface area contributed by atoms with Crippen LogP contribution in [0.25, 0.3) is 5.69 Å². The molecule has 33 heavy (non-hydrogen) atoms. The van der Waals surface area contributed by atoms with Gasteiger partial charge < -0.3 is 5.32 Å². The number of carbonyl (C=O) groups excluding carboxylic acids is 1. The van der Waals surface area contributed by atoms with Gasteiger partial charge in [0, 0.05) is 11.2 Å². The van der Waals surface area contributed by atoms with Crippen LogP contribution >= 0.6 is 11.6 Å². The van der Waals surface area contributed by atoms with Gasteiger partial charge >= 0.3 is 5.69 Å². The zero-order chi connectivity index (χ0) is 23.4. The zero-order valence-electron chi connectivity index (χ0n) is 17.7. The van der Waals surface area contributed by atoms with Gasteiger partial charge in [0.1, 0.15) is 0 Å². The van der Waals surface area contributed by atoms with E-state index in [4.69, 9.17) is 11.6 Å². The SMILES string of the molecule is Cc1cccc(Cn2c(=O)c(C(=O)NCc3ccccn3)nn(-c3cccc(Cl)c3)c2=O)c1. The number of halogens is 1. The fourth-order valence-corrected chi connectivity index (χ4v) is 3.51. The highest BCUT2D eigenvalue weighted by atomic mass is 35.5. The maximum absolute atomic E-state index is 13.2. The standard InChI is InChI=1S/C24H20ClN5O3/c1-16-6-4-7-17(12-16)15-29-23(32)21(22(31)27-14-19-9-2-3-11-26-19)28-30(24(29)33)20-10-5-8-18(25)13-20/h2-13H,14-15H2,1H3,(H,27,31). The first-order valence-corrected chi connectivity index (χ1v) is 10.5. The van der Waals surface area contributed by atoms with Crippen molar-refractivity contribution in [3.05, 3.63) is 121 Å². The Morgan fingerprint density at radius 2 is 1.85 bits per heavy atom. The molecule has 8 nitrogen and oxygen atoms in total. The molecule has 9 heteroatoms. The van der Waals surface area contributed by atoms with Crippen LogP contribution in [0.2, 0.25) is 5.02 Å². The highest BCUT2D eigenvalue weighted by molar-refractivity contribution is 6.30. The van der Waals surface area contributed by atoms with Crippen molar-refractivity contribution in [2.24, 2.45) is 0 Å². The van der Waals surface area contributed by atoms with Crippen molar-refractivity contribution >= 4 is 17.5 Å². The second-order valence-corrected chi connectivity index (χ2v) is 7.84. The van der Waals surface area contributed by atoms with E-state index < -0.39 is 22.9 Å². The van der Waals surface area contributed by atoms with E-state index >= 15 is 0 Å². The molecule has 4 rings (SSSR count). The molecule has 0 aliphatic heterocycles. The van der Waals surface area contributed by atoms with Crippen LogP contribution in [-0.4, -0.2) is 25.2 Å². The monoisotopic (exact) mass is 461 g/mol. The molecule has 1 N–H and O–H groups in total. The fraction of sp³-hybridized carbons (Fsp3) is 0.125. The highest BCUT2D eigenvalue weighted by Gasteiger charge is 2.20. The summed E-state index contributed by atoms with van der Waals surface area (Å²) in [5.41, 5.74) is 0.830. The maximum atomic E-state index is 13.2. The molecule has 0 spiro atoms. The van der Waals surface area contributed by atoms with Gasteiger partial charge in [-0.05, 0) is 42.8 Å². The second kappa shape index (κ2) is 9.62. The lowest BCUT2D eigenvalue weighted by Gasteiger charge is -2.13. The number of amides is 1. The van der Waals surface area contributed by atoms with E-state index in [-0.39, 0.29) is 13.1 Å². The number of benzene rings is 2. The molecule has 2 aromatic carbocycles. The molecule has 166 valence electrons. The van der Waals surface area contributed by atoms with Crippen LogP contribution in [-0.2, 0) is 13.1 Å². The van der Waals surface area contributed by atoms with Gasteiger partial charge in [-0.1, -0.05) is 53.6 Å². The lowest BCUT2D eigenvalue weighted by atomic mass is 10.1. The van der Waals surface area contributed by atoms with Crippen LogP contribution < -0.4 is 16.6 Å². The first-order chi connectivity index (χ1) is 15.9. The molecule has 0 saturated heterocycles. The summed E-state index contributed by atoms with van der Waals surface area (Å²) in [5, 5.41) is 7.13. The number of hydrogen-bond acceptors (Lipinski definition) is 5. The molecule has 0 atom stereocenters. The van der Waals surface area contributed by atoms with E-state index in [2.05, 4.69) is 15.4 Å². The minimum Gasteiger partial charge on any atom is -0.345 e. The van der Waals surface area contributed by atoms with Gasteiger partial charge in [-0.3, -0.25) is 19.1 Å². The minimum absolute atomic E-state index is 0.0110. The number of aryl methyl sites for hydroxylation is 1. The number of rotatable bonds is 6. The van der Waals surface area contributed by atoms with Gasteiger partial charge in [0.05, 0.1) is 24.5 Å². The molecule has 0 aliphatic carbocycles. The van der Waals surface area contributed by atoms with E-state index in [1.54, 1.807) is 42.6 Å². The van der Waals surface area contributed by atoms with Gasteiger partial charge in [-0.15, -0.1) is 0 Å². The van der Waals surface area contributed by atoms with Crippen LogP contribution in [0.3, 0.4) is 0 Å². The highest BCUT2D eigenvalue weighted by Crippen LogP contribution is 2.12. The Bertz CT molecular complexity index is 1430. The van der Waals surface area contributed by atoms with Crippen molar-refractivity contribution in [2.75, 3.05) is 0 Å². The Hall–Kier alpha value is -4.04. The summed E-state index contributed by atoms with van der Waals surface area (Å²) >= 11 is 6.09. The molecular weight excluding hydrogens is 442 g/mol. The van der Waals surface area contributed by atoms with Gasteiger partial charge in [0.2, 0.25) is 5.69 Å². The Labute approximate surface area is 194 Å². The quantitative estimate of drug-likeness (QED) is 0.476. The minimum atomic E-state index is -0.779. The molecule has 0 radical (unpaired) electrons. The molecule has 2 aromatic heterocycles. The Kier molecular flexibility index (Phi) is 6.46. The molecule has 4 aromatic rings. The third-order valence-electron chi connectivity index (χ3n) is 4.91. The van der Waals surface area contributed by atoms with E-state index in [0.29, 0.717) is 16.4 Å². The summed E-state index contributed by atoms with van der Waals surface area (Å²) in [6, 6.07) is 19.2. The number of pyridine rings is 1. The molecular formula is C24H20ClN5O3. The molecule has 2 heterocycles. The topological polar surface area (TPSA) is 98.9 Å². The van der Waals surface area contributed by atoms with Crippen molar-refractivity contribution in [1.29, 1.82) is 0 Å². The van der Waals surface area contributed by atoms with E-state index in [1.807, 2.05) is 31.2 Å². The summed E-state index contributed by atoms with van der Waals surface area (Å²) in [4.78, 5) is 43.4. The number of carbonyl (C=O) groups is 1. The molecule has 0 bridgehead atoms. The van der Waals surface area contributed by atoms with E-state index in [0.717, 1.165) is 20.4 Å². The number of nitrogens with one attached hydrogen (secondary N) is 1. The van der Waals surface area contributed by atoms with Crippen molar-refractivity contribution in [2.45, 2.75) is 20.0 Å². The van der Waals surface area contributed by atoms with Gasteiger partial charge in [0.15, 0.2) is 0 Å². The van der Waals surface area contributed by atoms with Crippen LogP contribution in [0.5, 0.6) is 0 Å². The lowest BCUT2D eigenvalue weighted by molar-refractivity contribution is 0.0940. The normalized spacial score (nSPS) is 10.7. The smallest absolute Gasteiger partial charge is 0.345 e. The summed E-state index contributed by atoms with van der Waals surface area (Å²) in [7, 11) is 0. The van der Waals surface area contributed by atoms with Crippen molar-refractivity contribution in [3.8, 4) is 5.69 Å². The predicted octanol–water partition coefficient (Wildman–Crippen LogP) is 2.73. The Morgan fingerprint density at radius 3 is 2.58 bits per heavy atom. The Morgan fingerprint density at radius 1 is 1.03 bits per heavy atom. The molecule has 0 saturated carbocycles. The van der Waals surface area contributed by atoms with E-state index in [9.17, 15) is 14.4 Å². The predicted molar refractivity (Wildman–Crippen MR) is 125 cm³/mol. The van der Waals surface area contributed by atoms with Crippen LogP contribution in [0.1, 0.15) is 27.3 Å². The number of nitrogens with zero attached hydrogens (tertiary/aromatic N) is 4. The number of aromatic nitrogens is 4. The average Bonchev–Trinajstić information content (AvgIpc) is 2.81. The van der Waals surface area contributed by atoms with Crippen molar-refractivity contribution in [1.82, 2.24) is 24.6 Å². The average molecular weight is 462 g/mol. The Balaban J connectivity index is 1.79. The zero-order valence-corrected chi connectivity index (χ0v) is 18.5. The van der Waals surface area contributed by atoms with Gasteiger partial charge in [-0.25, -0.2) is 4.79 Å². The summed E-state index contributed by atoms with van der Waals surface area (Å²) in [6.45, 7) is 2.01. The molecule has 0 fully saturated rings. The number of hydrogen-bond donors (Lipinski definition) is 1. The summed E-state index contributed by atoms with van der Waals surface area (Å²) in [6.07, 6.45) is 1.61. The fourth-order valence-electron chi connectivity index (χ4n) is 3.32. The maximum Gasteiger partial charge on any atom is 0.352 e. The van der Waals surface area contributed by atoms with E-state index in [1.165, 1.54) is 6.07 Å².